The van der Waals surface area contributed by atoms with Crippen LogP contribution in [0.3, 0.4) is 0 Å². The Morgan fingerprint density at radius 3 is 2.00 bits per heavy atom. The third kappa shape index (κ3) is 4.71. The maximum absolute atomic E-state index is 6.13. The number of ether oxygens (including phenoxy) is 1. The molecule has 20 heavy (non-hydrogen) atoms. The Labute approximate surface area is 121 Å². The van der Waals surface area contributed by atoms with E-state index in [2.05, 4.69) is 38.2 Å². The minimum absolute atomic E-state index is 0.0119. The maximum atomic E-state index is 6.13. The van der Waals surface area contributed by atoms with E-state index in [0.717, 1.165) is 12.3 Å². The van der Waals surface area contributed by atoms with Crippen molar-refractivity contribution >= 4 is 0 Å². The van der Waals surface area contributed by atoms with Gasteiger partial charge in [0.15, 0.2) is 0 Å². The van der Waals surface area contributed by atoms with Gasteiger partial charge < -0.3 is 10.1 Å². The lowest BCUT2D eigenvalue weighted by atomic mass is 10.1. The number of nitrogens with one attached hydrogen (secondary N) is 1. The molecule has 0 fully saturated rings. The second-order valence-corrected chi connectivity index (χ2v) is 5.96. The molecule has 2 rings (SSSR count). The van der Waals surface area contributed by atoms with Crippen molar-refractivity contribution in [2.75, 3.05) is 6.54 Å². The van der Waals surface area contributed by atoms with Crippen LogP contribution in [0.2, 0.25) is 0 Å². The van der Waals surface area contributed by atoms with E-state index in [1.54, 1.807) is 0 Å². The van der Waals surface area contributed by atoms with Crippen LogP contribution in [0.25, 0.3) is 0 Å². The number of hydrogen-bond acceptors (Lipinski definition) is 2. The summed E-state index contributed by atoms with van der Waals surface area (Å²) in [7, 11) is 0. The van der Waals surface area contributed by atoms with Crippen LogP contribution in [-0.2, 0) is 0 Å². The monoisotopic (exact) mass is 269 g/mol. The first-order chi connectivity index (χ1) is 9.54. The number of rotatable bonds is 5. The van der Waals surface area contributed by atoms with Crippen LogP contribution in [0.5, 0.6) is 5.75 Å². The van der Waals surface area contributed by atoms with Crippen molar-refractivity contribution in [3.63, 3.8) is 0 Å². The van der Waals surface area contributed by atoms with Gasteiger partial charge in [0.2, 0.25) is 0 Å². The van der Waals surface area contributed by atoms with Crippen LogP contribution in [0.1, 0.15) is 32.4 Å². The van der Waals surface area contributed by atoms with Crippen molar-refractivity contribution in [1.29, 1.82) is 0 Å². The highest BCUT2D eigenvalue weighted by molar-refractivity contribution is 5.24. The molecule has 0 spiro atoms. The molecule has 0 aliphatic rings. The first-order valence-electron chi connectivity index (χ1n) is 7.06. The first-order valence-corrected chi connectivity index (χ1v) is 7.06. The third-order valence-electron chi connectivity index (χ3n) is 3.01. The van der Waals surface area contributed by atoms with E-state index < -0.39 is 0 Å². The molecule has 106 valence electrons. The van der Waals surface area contributed by atoms with E-state index in [-0.39, 0.29) is 11.6 Å². The molecular weight excluding hydrogens is 246 g/mol. The predicted octanol–water partition coefficient (Wildman–Crippen LogP) is 4.19. The van der Waals surface area contributed by atoms with Crippen LogP contribution in [0, 0.1) is 0 Å². The Kier molecular flexibility index (Phi) is 4.80. The number of hydrogen-bond donors (Lipinski definition) is 1. The average Bonchev–Trinajstić information content (AvgIpc) is 2.44. The lowest BCUT2D eigenvalue weighted by Crippen LogP contribution is -2.39. The van der Waals surface area contributed by atoms with Crippen molar-refractivity contribution in [3.05, 3.63) is 66.2 Å². The van der Waals surface area contributed by atoms with Crippen LogP contribution < -0.4 is 10.1 Å². The fraction of sp³-hybridized carbons (Fsp3) is 0.333. The summed E-state index contributed by atoms with van der Waals surface area (Å²) >= 11 is 0. The van der Waals surface area contributed by atoms with E-state index in [0.29, 0.717) is 0 Å². The van der Waals surface area contributed by atoms with Crippen molar-refractivity contribution in [1.82, 2.24) is 5.32 Å². The summed E-state index contributed by atoms with van der Waals surface area (Å²) in [5.74, 6) is 0.900. The van der Waals surface area contributed by atoms with Gasteiger partial charge in [-0.05, 0) is 38.5 Å². The van der Waals surface area contributed by atoms with E-state index >= 15 is 0 Å². The van der Waals surface area contributed by atoms with Gasteiger partial charge in [0.25, 0.3) is 0 Å². The van der Waals surface area contributed by atoms with E-state index in [9.17, 15) is 0 Å². The normalized spacial score (nSPS) is 12.9. The molecule has 2 aromatic carbocycles. The summed E-state index contributed by atoms with van der Waals surface area (Å²) in [4.78, 5) is 0. The second-order valence-electron chi connectivity index (χ2n) is 5.96. The third-order valence-corrected chi connectivity index (χ3v) is 3.01. The summed E-state index contributed by atoms with van der Waals surface area (Å²) in [5.41, 5.74) is 1.26. The Morgan fingerprint density at radius 1 is 0.900 bits per heavy atom. The molecular formula is C18H23NO. The lowest BCUT2D eigenvalue weighted by Gasteiger charge is -2.26. The van der Waals surface area contributed by atoms with E-state index in [1.807, 2.05) is 48.5 Å². The quantitative estimate of drug-likeness (QED) is 0.878. The van der Waals surface area contributed by atoms with Gasteiger partial charge >= 0.3 is 0 Å². The fourth-order valence-corrected chi connectivity index (χ4v) is 1.96. The van der Waals surface area contributed by atoms with Gasteiger partial charge in [0.05, 0.1) is 0 Å². The highest BCUT2D eigenvalue weighted by Crippen LogP contribution is 2.21. The van der Waals surface area contributed by atoms with Gasteiger partial charge in [0.1, 0.15) is 11.9 Å². The molecule has 2 heteroatoms. The van der Waals surface area contributed by atoms with E-state index in [4.69, 9.17) is 4.74 Å². The molecule has 0 aromatic heterocycles. The highest BCUT2D eigenvalue weighted by atomic mass is 16.5. The molecule has 0 saturated heterocycles. The molecule has 0 radical (unpaired) electrons. The van der Waals surface area contributed by atoms with Crippen LogP contribution >= 0.6 is 0 Å². The van der Waals surface area contributed by atoms with Crippen LogP contribution in [-0.4, -0.2) is 12.1 Å². The highest BCUT2D eigenvalue weighted by Gasteiger charge is 2.17. The summed E-state index contributed by atoms with van der Waals surface area (Å²) in [6, 6.07) is 20.3. The molecule has 0 aliphatic heterocycles. The zero-order valence-electron chi connectivity index (χ0n) is 12.5. The molecule has 1 atom stereocenters. The minimum atomic E-state index is 0.0119. The molecule has 0 heterocycles. The standard InChI is InChI=1S/C18H23NO/c1-18(2,3)19-14-17(15-10-6-4-7-11-15)20-16-12-8-5-9-13-16/h4-13,17,19H,14H2,1-3H3. The molecule has 0 saturated carbocycles. The Hall–Kier alpha value is -1.80. The first kappa shape index (κ1) is 14.6. The van der Waals surface area contributed by atoms with Crippen molar-refractivity contribution < 1.29 is 4.74 Å². The molecule has 0 amide bonds. The van der Waals surface area contributed by atoms with Crippen LogP contribution in [0.4, 0.5) is 0 Å². The molecule has 2 nitrogen and oxygen atoms in total. The minimum Gasteiger partial charge on any atom is -0.484 e. The summed E-state index contributed by atoms with van der Waals surface area (Å²) in [5, 5.41) is 3.52. The topological polar surface area (TPSA) is 21.3 Å². The Morgan fingerprint density at radius 2 is 1.45 bits per heavy atom. The van der Waals surface area contributed by atoms with Crippen LogP contribution in [0.15, 0.2) is 60.7 Å². The molecule has 2 aromatic rings. The van der Waals surface area contributed by atoms with Crippen molar-refractivity contribution in [2.24, 2.45) is 0 Å². The maximum Gasteiger partial charge on any atom is 0.136 e. The van der Waals surface area contributed by atoms with Crippen molar-refractivity contribution in [2.45, 2.75) is 32.4 Å². The fourth-order valence-electron chi connectivity index (χ4n) is 1.96. The van der Waals surface area contributed by atoms with Gasteiger partial charge in [-0.1, -0.05) is 48.5 Å². The lowest BCUT2D eigenvalue weighted by molar-refractivity contribution is 0.188. The van der Waals surface area contributed by atoms with Crippen molar-refractivity contribution in [3.8, 4) is 5.75 Å². The largest absolute Gasteiger partial charge is 0.484 e. The summed E-state index contributed by atoms with van der Waals surface area (Å²) in [6.07, 6.45) is 0.0119. The molecule has 1 unspecified atom stereocenters. The van der Waals surface area contributed by atoms with Gasteiger partial charge in [-0.15, -0.1) is 0 Å². The summed E-state index contributed by atoms with van der Waals surface area (Å²) in [6.45, 7) is 7.27. The molecule has 0 bridgehead atoms. The Bertz CT molecular complexity index is 502. The zero-order chi connectivity index (χ0) is 14.4. The second kappa shape index (κ2) is 6.58. The number of para-hydroxylation sites is 1. The number of benzene rings is 2. The smallest absolute Gasteiger partial charge is 0.136 e. The predicted molar refractivity (Wildman–Crippen MR) is 84.0 cm³/mol. The molecule has 0 aliphatic carbocycles. The summed E-state index contributed by atoms with van der Waals surface area (Å²) < 4.78 is 6.13. The zero-order valence-corrected chi connectivity index (χ0v) is 12.5. The average molecular weight is 269 g/mol. The van der Waals surface area contributed by atoms with E-state index in [1.165, 1.54) is 5.56 Å². The van der Waals surface area contributed by atoms with Gasteiger partial charge in [-0.3, -0.25) is 0 Å². The molecule has 1 N–H and O–H groups in total. The van der Waals surface area contributed by atoms with Gasteiger partial charge in [0, 0.05) is 12.1 Å². The SMILES string of the molecule is CC(C)(C)NCC(Oc1ccccc1)c1ccccc1. The Balaban J connectivity index is 2.12. The van der Waals surface area contributed by atoms with Gasteiger partial charge in [-0.25, -0.2) is 0 Å². The van der Waals surface area contributed by atoms with Gasteiger partial charge in [-0.2, -0.15) is 0 Å².